The van der Waals surface area contributed by atoms with Crippen molar-refractivity contribution in [3.05, 3.63) is 12.3 Å². The lowest BCUT2D eigenvalue weighted by Gasteiger charge is -2.19. The van der Waals surface area contributed by atoms with Crippen LogP contribution < -0.4 is 5.43 Å². The maximum Gasteiger partial charge on any atom is 0.0192 e. The van der Waals surface area contributed by atoms with E-state index in [1.165, 1.54) is 50.9 Å². The molecular formula is C11H22N2. The van der Waals surface area contributed by atoms with Gasteiger partial charge in [0.2, 0.25) is 0 Å². The zero-order chi connectivity index (χ0) is 9.52. The molecule has 0 radical (unpaired) electrons. The molecule has 1 fully saturated rings. The first-order chi connectivity index (χ1) is 6.33. The lowest BCUT2D eigenvalue weighted by Crippen LogP contribution is -2.34. The average molecular weight is 182 g/mol. The van der Waals surface area contributed by atoms with Crippen LogP contribution in [0.2, 0.25) is 0 Å². The molecule has 0 atom stereocenters. The fourth-order valence-electron chi connectivity index (χ4n) is 1.70. The van der Waals surface area contributed by atoms with Crippen molar-refractivity contribution < 1.29 is 0 Å². The van der Waals surface area contributed by atoms with Crippen molar-refractivity contribution in [2.75, 3.05) is 13.1 Å². The highest BCUT2D eigenvalue weighted by atomic mass is 15.5. The molecule has 1 N–H and O–H groups in total. The monoisotopic (exact) mass is 182 g/mol. The predicted octanol–water partition coefficient (Wildman–Crippen LogP) is 2.68. The summed E-state index contributed by atoms with van der Waals surface area (Å²) in [6.07, 6.45) is 7.67. The average Bonchev–Trinajstić information content (AvgIpc) is 2.57. The van der Waals surface area contributed by atoms with Crippen LogP contribution in [0.1, 0.15) is 45.4 Å². The molecule has 13 heavy (non-hydrogen) atoms. The summed E-state index contributed by atoms with van der Waals surface area (Å²) in [5, 5.41) is 2.29. The molecule has 1 saturated heterocycles. The van der Waals surface area contributed by atoms with Crippen molar-refractivity contribution in [2.24, 2.45) is 0 Å². The lowest BCUT2D eigenvalue weighted by atomic mass is 10.2. The summed E-state index contributed by atoms with van der Waals surface area (Å²) in [6, 6.07) is 0. The van der Waals surface area contributed by atoms with Gasteiger partial charge in [-0.1, -0.05) is 26.3 Å². The number of unbranched alkanes of at least 4 members (excludes halogenated alkanes) is 2. The van der Waals surface area contributed by atoms with E-state index in [-0.39, 0.29) is 0 Å². The minimum Gasteiger partial charge on any atom is -0.324 e. The summed E-state index contributed by atoms with van der Waals surface area (Å²) in [5.41, 5.74) is 4.57. The third kappa shape index (κ3) is 4.32. The zero-order valence-corrected chi connectivity index (χ0v) is 8.81. The van der Waals surface area contributed by atoms with Gasteiger partial charge in [-0.25, -0.2) is 5.01 Å². The van der Waals surface area contributed by atoms with Gasteiger partial charge in [0.05, 0.1) is 0 Å². The number of hydrogen-bond donors (Lipinski definition) is 1. The Balaban J connectivity index is 2.02. The molecule has 0 saturated carbocycles. The fraction of sp³-hybridized carbons (Fsp3) is 0.818. The largest absolute Gasteiger partial charge is 0.324 e. The quantitative estimate of drug-likeness (QED) is 0.635. The molecule has 2 nitrogen and oxygen atoms in total. The van der Waals surface area contributed by atoms with Crippen LogP contribution in [0.15, 0.2) is 12.3 Å². The molecule has 0 bridgehead atoms. The molecule has 1 rings (SSSR count). The number of nitrogens with one attached hydrogen (secondary N) is 1. The van der Waals surface area contributed by atoms with Gasteiger partial charge in [0.15, 0.2) is 0 Å². The molecule has 0 aromatic heterocycles. The second-order valence-electron chi connectivity index (χ2n) is 3.87. The molecule has 0 unspecified atom stereocenters. The fourth-order valence-corrected chi connectivity index (χ4v) is 1.70. The third-order valence-corrected chi connectivity index (χ3v) is 2.50. The maximum atomic E-state index is 4.04. The summed E-state index contributed by atoms with van der Waals surface area (Å²) in [6.45, 7) is 8.64. The normalized spacial score (nSPS) is 17.6. The van der Waals surface area contributed by atoms with Crippen LogP contribution >= 0.6 is 0 Å². The Hall–Kier alpha value is -0.500. The van der Waals surface area contributed by atoms with Crippen LogP contribution in [0.25, 0.3) is 0 Å². The van der Waals surface area contributed by atoms with Gasteiger partial charge in [-0.05, 0) is 25.7 Å². The predicted molar refractivity (Wildman–Crippen MR) is 57.2 cm³/mol. The van der Waals surface area contributed by atoms with Gasteiger partial charge < -0.3 is 5.43 Å². The molecule has 0 aromatic rings. The molecule has 0 spiro atoms. The van der Waals surface area contributed by atoms with E-state index in [0.717, 1.165) is 6.42 Å². The summed E-state index contributed by atoms with van der Waals surface area (Å²) in [7, 11) is 0. The van der Waals surface area contributed by atoms with Crippen molar-refractivity contribution >= 4 is 0 Å². The van der Waals surface area contributed by atoms with Crippen LogP contribution in [0.3, 0.4) is 0 Å². The molecule has 0 aromatic carbocycles. The summed E-state index contributed by atoms with van der Waals surface area (Å²) >= 11 is 0. The van der Waals surface area contributed by atoms with Gasteiger partial charge in [0.1, 0.15) is 0 Å². The number of nitrogens with zero attached hydrogens (tertiary/aromatic N) is 1. The van der Waals surface area contributed by atoms with E-state index in [1.807, 2.05) is 0 Å². The van der Waals surface area contributed by atoms with Crippen molar-refractivity contribution in [1.29, 1.82) is 0 Å². The smallest absolute Gasteiger partial charge is 0.0192 e. The van der Waals surface area contributed by atoms with Crippen LogP contribution in [0, 0.1) is 0 Å². The summed E-state index contributed by atoms with van der Waals surface area (Å²) in [4.78, 5) is 0. The topological polar surface area (TPSA) is 15.3 Å². The first-order valence-electron chi connectivity index (χ1n) is 5.52. The Morgan fingerprint density at radius 2 is 2.00 bits per heavy atom. The second-order valence-corrected chi connectivity index (χ2v) is 3.87. The van der Waals surface area contributed by atoms with E-state index < -0.39 is 0 Å². The molecule has 1 aliphatic rings. The van der Waals surface area contributed by atoms with E-state index in [1.54, 1.807) is 0 Å². The maximum absolute atomic E-state index is 4.04. The first kappa shape index (κ1) is 10.6. The van der Waals surface area contributed by atoms with Crippen molar-refractivity contribution in [3.8, 4) is 0 Å². The highest BCUT2D eigenvalue weighted by Gasteiger charge is 2.10. The Labute approximate surface area is 82.0 Å². The zero-order valence-electron chi connectivity index (χ0n) is 8.81. The molecule has 1 heterocycles. The standard InChI is InChI=1S/C11H22N2/c1-3-4-5-8-11(2)12-13-9-6-7-10-13/h12H,2-10H2,1H3. The Bertz CT molecular complexity index is 148. The third-order valence-electron chi connectivity index (χ3n) is 2.50. The molecule has 76 valence electrons. The SMILES string of the molecule is C=C(CCCCC)NN1CCCC1. The van der Waals surface area contributed by atoms with E-state index >= 15 is 0 Å². The number of hydrazine groups is 1. The highest BCUT2D eigenvalue weighted by Crippen LogP contribution is 2.09. The molecule has 0 aliphatic carbocycles. The minimum atomic E-state index is 1.13. The van der Waals surface area contributed by atoms with Gasteiger partial charge >= 0.3 is 0 Å². The highest BCUT2D eigenvalue weighted by molar-refractivity contribution is 4.90. The van der Waals surface area contributed by atoms with E-state index in [2.05, 4.69) is 23.9 Å². The molecule has 2 heteroatoms. The number of hydrogen-bond acceptors (Lipinski definition) is 2. The number of rotatable bonds is 6. The minimum absolute atomic E-state index is 1.13. The lowest BCUT2D eigenvalue weighted by molar-refractivity contribution is 0.262. The Morgan fingerprint density at radius 1 is 1.31 bits per heavy atom. The van der Waals surface area contributed by atoms with Crippen LogP contribution in [-0.4, -0.2) is 18.1 Å². The summed E-state index contributed by atoms with van der Waals surface area (Å²) < 4.78 is 0. The molecule has 1 aliphatic heterocycles. The van der Waals surface area contributed by atoms with E-state index in [4.69, 9.17) is 0 Å². The molecule has 0 amide bonds. The van der Waals surface area contributed by atoms with Gasteiger partial charge in [-0.15, -0.1) is 0 Å². The van der Waals surface area contributed by atoms with Gasteiger partial charge in [0.25, 0.3) is 0 Å². The first-order valence-corrected chi connectivity index (χ1v) is 5.52. The second kappa shape index (κ2) is 6.03. The molecular weight excluding hydrogens is 160 g/mol. The van der Waals surface area contributed by atoms with Crippen molar-refractivity contribution in [1.82, 2.24) is 10.4 Å². The van der Waals surface area contributed by atoms with E-state index in [0.29, 0.717) is 0 Å². The van der Waals surface area contributed by atoms with Crippen LogP contribution in [0.5, 0.6) is 0 Å². The van der Waals surface area contributed by atoms with Crippen molar-refractivity contribution in [2.45, 2.75) is 45.4 Å². The number of allylic oxidation sites excluding steroid dienone is 1. The van der Waals surface area contributed by atoms with Gasteiger partial charge in [-0.2, -0.15) is 0 Å². The Morgan fingerprint density at radius 3 is 2.62 bits per heavy atom. The van der Waals surface area contributed by atoms with Crippen LogP contribution in [-0.2, 0) is 0 Å². The van der Waals surface area contributed by atoms with Gasteiger partial charge in [-0.3, -0.25) is 0 Å². The van der Waals surface area contributed by atoms with E-state index in [9.17, 15) is 0 Å². The van der Waals surface area contributed by atoms with Crippen molar-refractivity contribution in [3.63, 3.8) is 0 Å². The Kier molecular flexibility index (Phi) is 4.91. The summed E-state index contributed by atoms with van der Waals surface area (Å²) in [5.74, 6) is 0. The van der Waals surface area contributed by atoms with Crippen LogP contribution in [0.4, 0.5) is 0 Å². The van der Waals surface area contributed by atoms with Gasteiger partial charge in [0, 0.05) is 18.8 Å².